The fraction of sp³-hybridized carbons (Fsp3) is 0.158. The lowest BCUT2D eigenvalue weighted by Gasteiger charge is -2.10. The number of nitrogen functional groups attached to an aromatic ring is 1. The monoisotopic (exact) mass is 369 g/mol. The highest BCUT2D eigenvalue weighted by molar-refractivity contribution is 7.15. The van der Waals surface area contributed by atoms with Crippen molar-refractivity contribution in [3.63, 3.8) is 0 Å². The van der Waals surface area contributed by atoms with Crippen LogP contribution in [-0.2, 0) is 19.8 Å². The highest BCUT2D eigenvalue weighted by Crippen LogP contribution is 2.34. The molecular formula is C19H19N3O3S. The zero-order valence-corrected chi connectivity index (χ0v) is 14.8. The molecule has 6 nitrogen and oxygen atoms in total. The number of aliphatic hydroxyl groups excluding tert-OH is 2. The van der Waals surface area contributed by atoms with Crippen molar-refractivity contribution in [1.82, 2.24) is 10.3 Å². The Morgan fingerprint density at radius 2 is 1.85 bits per heavy atom. The van der Waals surface area contributed by atoms with Crippen molar-refractivity contribution in [2.75, 3.05) is 5.73 Å². The van der Waals surface area contributed by atoms with Gasteiger partial charge in [-0.05, 0) is 40.5 Å². The first kappa shape index (κ1) is 18.1. The van der Waals surface area contributed by atoms with E-state index in [4.69, 9.17) is 5.73 Å². The quantitative estimate of drug-likeness (QED) is 0.533. The van der Waals surface area contributed by atoms with Crippen LogP contribution in [0.5, 0.6) is 0 Å². The van der Waals surface area contributed by atoms with E-state index in [0.717, 1.165) is 11.1 Å². The van der Waals surface area contributed by atoms with Crippen LogP contribution in [0.4, 0.5) is 5.00 Å². The maximum Gasteiger partial charge on any atom is 0.255 e. The third-order valence-corrected chi connectivity index (χ3v) is 4.92. The normalized spacial score (nSPS) is 10.7. The number of benzene rings is 1. The smallest absolute Gasteiger partial charge is 0.255 e. The number of nitrogens with one attached hydrogen (secondary N) is 1. The molecule has 1 amide bonds. The summed E-state index contributed by atoms with van der Waals surface area (Å²) in [6.45, 7) is 0.0373. The Bertz CT molecular complexity index is 910. The van der Waals surface area contributed by atoms with Gasteiger partial charge in [-0.15, -0.1) is 11.3 Å². The Kier molecular flexibility index (Phi) is 5.62. The molecule has 0 bridgehead atoms. The molecule has 0 aliphatic rings. The molecule has 7 heteroatoms. The van der Waals surface area contributed by atoms with Crippen molar-refractivity contribution < 1.29 is 15.0 Å². The van der Waals surface area contributed by atoms with E-state index in [1.807, 2.05) is 23.6 Å². The lowest BCUT2D eigenvalue weighted by atomic mass is 9.98. The number of pyridine rings is 1. The second-order valence-corrected chi connectivity index (χ2v) is 6.64. The molecule has 0 atom stereocenters. The summed E-state index contributed by atoms with van der Waals surface area (Å²) >= 11 is 1.29. The largest absolute Gasteiger partial charge is 0.392 e. The van der Waals surface area contributed by atoms with Crippen molar-refractivity contribution in [2.45, 2.75) is 19.8 Å². The molecule has 0 unspecified atom stereocenters. The van der Waals surface area contributed by atoms with E-state index >= 15 is 0 Å². The third-order valence-electron chi connectivity index (χ3n) is 4.11. The molecule has 0 aliphatic heterocycles. The molecule has 0 saturated heterocycles. The summed E-state index contributed by atoms with van der Waals surface area (Å²) < 4.78 is 0. The van der Waals surface area contributed by atoms with Gasteiger partial charge in [-0.3, -0.25) is 9.78 Å². The number of amides is 1. The summed E-state index contributed by atoms with van der Waals surface area (Å²) in [5, 5.41) is 24.0. The van der Waals surface area contributed by atoms with Crippen LogP contribution in [0.25, 0.3) is 11.1 Å². The summed E-state index contributed by atoms with van der Waals surface area (Å²) in [6, 6.07) is 8.99. The molecule has 3 aromatic rings. The minimum Gasteiger partial charge on any atom is -0.392 e. The maximum atomic E-state index is 12.7. The number of thiophene rings is 1. The molecule has 0 aliphatic carbocycles. The molecule has 2 heterocycles. The highest BCUT2D eigenvalue weighted by Gasteiger charge is 2.19. The number of nitrogens with two attached hydrogens (primary N) is 1. The molecule has 1 aromatic carbocycles. The van der Waals surface area contributed by atoms with E-state index < -0.39 is 0 Å². The summed E-state index contributed by atoms with van der Waals surface area (Å²) in [5.74, 6) is -0.257. The predicted molar refractivity (Wildman–Crippen MR) is 101 cm³/mol. The van der Waals surface area contributed by atoms with Gasteiger partial charge in [0, 0.05) is 29.9 Å². The molecule has 134 valence electrons. The molecule has 26 heavy (non-hydrogen) atoms. The molecule has 0 spiro atoms. The minimum atomic E-state index is -0.257. The van der Waals surface area contributed by atoms with Gasteiger partial charge in [-0.1, -0.05) is 12.1 Å². The topological polar surface area (TPSA) is 108 Å². The van der Waals surface area contributed by atoms with Gasteiger partial charge in [0.15, 0.2) is 0 Å². The number of anilines is 1. The molecule has 0 fully saturated rings. The number of hydrogen-bond acceptors (Lipinski definition) is 6. The number of carbonyl (C=O) groups is 1. The highest BCUT2D eigenvalue weighted by atomic mass is 32.1. The van der Waals surface area contributed by atoms with E-state index in [1.54, 1.807) is 24.5 Å². The minimum absolute atomic E-state index is 0.152. The number of rotatable bonds is 6. The summed E-state index contributed by atoms with van der Waals surface area (Å²) in [6.07, 6.45) is 3.34. The van der Waals surface area contributed by atoms with Gasteiger partial charge < -0.3 is 21.3 Å². The molecule has 0 saturated carbocycles. The predicted octanol–water partition coefficient (Wildman–Crippen LogP) is 2.31. The van der Waals surface area contributed by atoms with Gasteiger partial charge in [0.25, 0.3) is 5.91 Å². The number of aromatic nitrogens is 1. The fourth-order valence-corrected chi connectivity index (χ4v) is 3.51. The van der Waals surface area contributed by atoms with Crippen molar-refractivity contribution in [3.05, 3.63) is 70.4 Å². The summed E-state index contributed by atoms with van der Waals surface area (Å²) in [5.41, 5.74) is 10.2. The molecule has 0 radical (unpaired) electrons. The zero-order valence-electron chi connectivity index (χ0n) is 14.0. The van der Waals surface area contributed by atoms with E-state index in [0.29, 0.717) is 33.8 Å². The standard InChI is InChI=1S/C19H19N3O3S/c20-18-17(19(25)22-8-12-3-5-21-6-4-12)16(11-26-18)13-1-2-14(9-23)15(7-13)10-24/h1-7,11,23-24H,8-10,20H2,(H,22,25). The first-order valence-corrected chi connectivity index (χ1v) is 8.90. The van der Waals surface area contributed by atoms with Crippen LogP contribution in [0.1, 0.15) is 27.0 Å². The summed E-state index contributed by atoms with van der Waals surface area (Å²) in [7, 11) is 0. The van der Waals surface area contributed by atoms with Gasteiger partial charge in [-0.25, -0.2) is 0 Å². The zero-order chi connectivity index (χ0) is 18.5. The van der Waals surface area contributed by atoms with Gasteiger partial charge in [0.1, 0.15) is 0 Å². The van der Waals surface area contributed by atoms with Gasteiger partial charge in [0.05, 0.1) is 23.8 Å². The first-order valence-electron chi connectivity index (χ1n) is 8.02. The third kappa shape index (κ3) is 3.75. The Balaban J connectivity index is 1.88. The van der Waals surface area contributed by atoms with Crippen LogP contribution in [0.2, 0.25) is 0 Å². The molecule has 3 rings (SSSR count). The Labute approximate surface area is 155 Å². The van der Waals surface area contributed by atoms with E-state index in [1.165, 1.54) is 11.3 Å². The average molecular weight is 369 g/mol. The fourth-order valence-electron chi connectivity index (χ4n) is 2.69. The van der Waals surface area contributed by atoms with Crippen LogP contribution < -0.4 is 11.1 Å². The second-order valence-electron chi connectivity index (χ2n) is 5.73. The number of carbonyl (C=O) groups excluding carboxylic acids is 1. The maximum absolute atomic E-state index is 12.7. The van der Waals surface area contributed by atoms with Crippen LogP contribution in [0, 0.1) is 0 Å². The lowest BCUT2D eigenvalue weighted by Crippen LogP contribution is -2.23. The van der Waals surface area contributed by atoms with E-state index in [-0.39, 0.29) is 19.1 Å². The first-order chi connectivity index (χ1) is 12.6. The van der Waals surface area contributed by atoms with Crippen molar-refractivity contribution in [3.8, 4) is 11.1 Å². The average Bonchev–Trinajstić information content (AvgIpc) is 3.07. The second kappa shape index (κ2) is 8.09. The van der Waals surface area contributed by atoms with Gasteiger partial charge in [-0.2, -0.15) is 0 Å². The Morgan fingerprint density at radius 1 is 1.12 bits per heavy atom. The van der Waals surface area contributed by atoms with Crippen molar-refractivity contribution in [2.24, 2.45) is 0 Å². The van der Waals surface area contributed by atoms with Crippen LogP contribution in [-0.4, -0.2) is 21.1 Å². The van der Waals surface area contributed by atoms with Gasteiger partial charge in [0.2, 0.25) is 0 Å². The molecular weight excluding hydrogens is 350 g/mol. The van der Waals surface area contributed by atoms with E-state index in [9.17, 15) is 15.0 Å². The van der Waals surface area contributed by atoms with Gasteiger partial charge >= 0.3 is 0 Å². The van der Waals surface area contributed by atoms with Crippen LogP contribution >= 0.6 is 11.3 Å². The molecule has 5 N–H and O–H groups in total. The summed E-state index contributed by atoms with van der Waals surface area (Å²) in [4.78, 5) is 16.6. The lowest BCUT2D eigenvalue weighted by molar-refractivity contribution is 0.0953. The number of nitrogens with zero attached hydrogens (tertiary/aromatic N) is 1. The van der Waals surface area contributed by atoms with Crippen LogP contribution in [0.3, 0.4) is 0 Å². The van der Waals surface area contributed by atoms with Crippen molar-refractivity contribution >= 4 is 22.2 Å². The Hall–Kier alpha value is -2.74. The van der Waals surface area contributed by atoms with Crippen LogP contribution in [0.15, 0.2) is 48.1 Å². The molecule has 2 aromatic heterocycles. The Morgan fingerprint density at radius 3 is 2.54 bits per heavy atom. The number of aliphatic hydroxyl groups is 2. The SMILES string of the molecule is Nc1scc(-c2ccc(CO)c(CO)c2)c1C(=O)NCc1ccncc1. The number of hydrogen-bond donors (Lipinski definition) is 4. The van der Waals surface area contributed by atoms with Crippen molar-refractivity contribution in [1.29, 1.82) is 0 Å². The van der Waals surface area contributed by atoms with E-state index in [2.05, 4.69) is 10.3 Å².